The second-order valence-electron chi connectivity index (χ2n) is 9.84. The number of rotatable bonds is 10. The van der Waals surface area contributed by atoms with E-state index >= 15 is 0 Å². The summed E-state index contributed by atoms with van der Waals surface area (Å²) in [6.07, 6.45) is 6.16. The molecule has 0 saturated heterocycles. The SMILES string of the molecule is CC(C)NC(Cc1ccnc2ccccc12)C(=O)O.CC(C)NC(Cc1cncc2ccccc12)C(=O)O. The van der Waals surface area contributed by atoms with Gasteiger partial charge in [0.2, 0.25) is 0 Å². The van der Waals surface area contributed by atoms with E-state index in [4.69, 9.17) is 0 Å². The number of hydrogen-bond acceptors (Lipinski definition) is 6. The molecule has 2 aromatic heterocycles. The predicted octanol–water partition coefficient (Wildman–Crippen LogP) is 4.46. The molecule has 8 heteroatoms. The molecule has 38 heavy (non-hydrogen) atoms. The lowest BCUT2D eigenvalue weighted by Gasteiger charge is -2.18. The highest BCUT2D eigenvalue weighted by Crippen LogP contribution is 2.19. The first-order valence-corrected chi connectivity index (χ1v) is 12.8. The Balaban J connectivity index is 0.000000211. The van der Waals surface area contributed by atoms with E-state index in [1.165, 1.54) is 0 Å². The minimum atomic E-state index is -0.832. The molecule has 2 unspecified atom stereocenters. The van der Waals surface area contributed by atoms with E-state index in [0.717, 1.165) is 32.8 Å². The largest absolute Gasteiger partial charge is 0.480 e. The van der Waals surface area contributed by atoms with Gasteiger partial charge in [0.05, 0.1) is 5.52 Å². The van der Waals surface area contributed by atoms with Crippen LogP contribution in [0.25, 0.3) is 21.7 Å². The number of aliphatic carboxylic acids is 2. The van der Waals surface area contributed by atoms with Crippen molar-refractivity contribution in [2.24, 2.45) is 0 Å². The second kappa shape index (κ2) is 13.6. The first-order chi connectivity index (χ1) is 18.2. The molecule has 0 fully saturated rings. The summed E-state index contributed by atoms with van der Waals surface area (Å²) in [4.78, 5) is 31.1. The van der Waals surface area contributed by atoms with Crippen molar-refractivity contribution in [2.45, 2.75) is 64.7 Å². The van der Waals surface area contributed by atoms with Crippen LogP contribution in [0.1, 0.15) is 38.8 Å². The molecule has 0 bridgehead atoms. The van der Waals surface area contributed by atoms with Crippen LogP contribution in [0.2, 0.25) is 0 Å². The normalized spacial score (nSPS) is 12.8. The number of carboxylic acid groups (broad SMARTS) is 2. The van der Waals surface area contributed by atoms with Crippen molar-refractivity contribution in [2.75, 3.05) is 0 Å². The van der Waals surface area contributed by atoms with Gasteiger partial charge in [-0.05, 0) is 35.1 Å². The van der Waals surface area contributed by atoms with Gasteiger partial charge in [-0.1, -0.05) is 70.2 Å². The van der Waals surface area contributed by atoms with Crippen molar-refractivity contribution in [1.29, 1.82) is 0 Å². The third-order valence-corrected chi connectivity index (χ3v) is 6.00. The third kappa shape index (κ3) is 8.06. The number of aromatic nitrogens is 2. The number of para-hydroxylation sites is 1. The van der Waals surface area contributed by atoms with Crippen LogP contribution in [0.4, 0.5) is 0 Å². The first kappa shape index (κ1) is 28.7. The lowest BCUT2D eigenvalue weighted by Crippen LogP contribution is -2.42. The van der Waals surface area contributed by atoms with Crippen molar-refractivity contribution in [1.82, 2.24) is 20.6 Å². The lowest BCUT2D eigenvalue weighted by molar-refractivity contribution is -0.140. The highest BCUT2D eigenvalue weighted by atomic mass is 16.4. The Bertz CT molecular complexity index is 1260. The molecule has 0 aliphatic rings. The van der Waals surface area contributed by atoms with Crippen molar-refractivity contribution in [3.05, 3.63) is 84.3 Å². The molecule has 4 rings (SSSR count). The van der Waals surface area contributed by atoms with Crippen LogP contribution < -0.4 is 10.6 Å². The number of nitrogens with one attached hydrogen (secondary N) is 2. The van der Waals surface area contributed by atoms with E-state index in [2.05, 4.69) is 20.6 Å². The minimum absolute atomic E-state index is 0.129. The van der Waals surface area contributed by atoms with Gasteiger partial charge in [0.15, 0.2) is 0 Å². The summed E-state index contributed by atoms with van der Waals surface area (Å²) < 4.78 is 0. The third-order valence-electron chi connectivity index (χ3n) is 6.00. The molecule has 8 nitrogen and oxygen atoms in total. The summed E-state index contributed by atoms with van der Waals surface area (Å²) in [5.74, 6) is -1.66. The van der Waals surface area contributed by atoms with Crippen molar-refractivity contribution in [3.8, 4) is 0 Å². The highest BCUT2D eigenvalue weighted by Gasteiger charge is 2.20. The average Bonchev–Trinajstić information content (AvgIpc) is 2.88. The van der Waals surface area contributed by atoms with E-state index in [0.29, 0.717) is 12.8 Å². The number of hydrogen-bond donors (Lipinski definition) is 4. The quantitative estimate of drug-likeness (QED) is 0.244. The smallest absolute Gasteiger partial charge is 0.321 e. The maximum atomic E-state index is 11.3. The Morgan fingerprint density at radius 3 is 1.89 bits per heavy atom. The molecule has 200 valence electrons. The molecule has 4 N–H and O–H groups in total. The van der Waals surface area contributed by atoms with E-state index < -0.39 is 24.0 Å². The molecule has 4 aromatic rings. The average molecular weight is 517 g/mol. The zero-order valence-corrected chi connectivity index (χ0v) is 22.3. The van der Waals surface area contributed by atoms with E-state index in [9.17, 15) is 19.8 Å². The van der Waals surface area contributed by atoms with Gasteiger partial charge in [-0.15, -0.1) is 0 Å². The highest BCUT2D eigenvalue weighted by molar-refractivity contribution is 5.86. The first-order valence-electron chi connectivity index (χ1n) is 12.8. The topological polar surface area (TPSA) is 124 Å². The van der Waals surface area contributed by atoms with Crippen LogP contribution in [0.5, 0.6) is 0 Å². The van der Waals surface area contributed by atoms with Gasteiger partial charge < -0.3 is 20.8 Å². The van der Waals surface area contributed by atoms with Gasteiger partial charge in [-0.2, -0.15) is 0 Å². The molecule has 0 spiro atoms. The minimum Gasteiger partial charge on any atom is -0.480 e. The molecule has 2 heterocycles. The van der Waals surface area contributed by atoms with Crippen molar-refractivity contribution in [3.63, 3.8) is 0 Å². The maximum absolute atomic E-state index is 11.3. The number of benzene rings is 2. The zero-order valence-electron chi connectivity index (χ0n) is 22.3. The molecular weight excluding hydrogens is 480 g/mol. The summed E-state index contributed by atoms with van der Waals surface area (Å²) in [5, 5.41) is 27.8. The van der Waals surface area contributed by atoms with Crippen LogP contribution >= 0.6 is 0 Å². The second-order valence-corrected chi connectivity index (χ2v) is 9.84. The molecule has 0 saturated carbocycles. The van der Waals surface area contributed by atoms with Crippen LogP contribution in [0, 0.1) is 0 Å². The molecule has 0 aliphatic carbocycles. The van der Waals surface area contributed by atoms with Crippen LogP contribution in [-0.4, -0.2) is 56.3 Å². The van der Waals surface area contributed by atoms with Gasteiger partial charge >= 0.3 is 11.9 Å². The summed E-state index contributed by atoms with van der Waals surface area (Å²) in [6.45, 7) is 7.77. The molecule has 0 aliphatic heterocycles. The van der Waals surface area contributed by atoms with E-state index in [1.54, 1.807) is 18.6 Å². The molecule has 2 atom stereocenters. The number of fused-ring (bicyclic) bond motifs is 2. The van der Waals surface area contributed by atoms with Gasteiger partial charge in [-0.25, -0.2) is 0 Å². The Kier molecular flexibility index (Phi) is 10.3. The summed E-state index contributed by atoms with van der Waals surface area (Å²) in [7, 11) is 0. The maximum Gasteiger partial charge on any atom is 0.321 e. The lowest BCUT2D eigenvalue weighted by atomic mass is 10.0. The van der Waals surface area contributed by atoms with Gasteiger partial charge in [0.25, 0.3) is 0 Å². The van der Waals surface area contributed by atoms with E-state index in [1.807, 2.05) is 82.3 Å². The van der Waals surface area contributed by atoms with Crippen molar-refractivity contribution < 1.29 is 19.8 Å². The van der Waals surface area contributed by atoms with E-state index in [-0.39, 0.29) is 12.1 Å². The van der Waals surface area contributed by atoms with Gasteiger partial charge in [0, 0.05) is 47.9 Å². The van der Waals surface area contributed by atoms with Crippen LogP contribution in [-0.2, 0) is 22.4 Å². The fraction of sp³-hybridized carbons (Fsp3) is 0.333. The number of carboxylic acids is 2. The zero-order chi connectivity index (χ0) is 27.7. The summed E-state index contributed by atoms with van der Waals surface area (Å²) in [6, 6.07) is 16.7. The Morgan fingerprint density at radius 2 is 1.29 bits per heavy atom. The number of nitrogens with zero attached hydrogens (tertiary/aromatic N) is 2. The fourth-order valence-electron chi connectivity index (χ4n) is 4.35. The Labute approximate surface area is 223 Å². The molecule has 0 amide bonds. The summed E-state index contributed by atoms with van der Waals surface area (Å²) >= 11 is 0. The fourth-order valence-corrected chi connectivity index (χ4v) is 4.35. The summed E-state index contributed by atoms with van der Waals surface area (Å²) in [5.41, 5.74) is 2.86. The monoisotopic (exact) mass is 516 g/mol. The molecule has 0 radical (unpaired) electrons. The Morgan fingerprint density at radius 1 is 0.737 bits per heavy atom. The standard InChI is InChI=1S/2C15H18N2O2/c1-10(2)17-14(15(18)19)7-12-9-16-8-11-5-3-4-6-13(11)12;1-10(2)17-14(15(18)19)9-11-7-8-16-13-6-4-3-5-12(11)13/h3-6,8-10,14,17H,7H2,1-2H3,(H,18,19);3-8,10,14,17H,9H2,1-2H3,(H,18,19). The predicted molar refractivity (Wildman–Crippen MR) is 150 cm³/mol. The number of carbonyl (C=O) groups is 2. The van der Waals surface area contributed by atoms with Crippen molar-refractivity contribution >= 4 is 33.6 Å². The van der Waals surface area contributed by atoms with Crippen LogP contribution in [0.15, 0.2) is 73.2 Å². The molecule has 2 aromatic carbocycles. The number of pyridine rings is 2. The Hall–Kier alpha value is -3.88. The van der Waals surface area contributed by atoms with Gasteiger partial charge in [0.1, 0.15) is 12.1 Å². The molecular formula is C30H36N4O4. The van der Waals surface area contributed by atoms with Crippen LogP contribution in [0.3, 0.4) is 0 Å². The van der Waals surface area contributed by atoms with Gasteiger partial charge in [-0.3, -0.25) is 19.6 Å².